The normalized spacial score (nSPS) is 10.9. The van der Waals surface area contributed by atoms with Crippen LogP contribution in [0.5, 0.6) is 0 Å². The van der Waals surface area contributed by atoms with E-state index < -0.39 is 0 Å². The monoisotopic (exact) mass is 368 g/mol. The molecule has 0 aliphatic heterocycles. The molecular weight excluding hydrogens is 356 g/mol. The van der Waals surface area contributed by atoms with Crippen LogP contribution in [0.2, 0.25) is 0 Å². The van der Waals surface area contributed by atoms with Crippen molar-refractivity contribution in [3.63, 3.8) is 0 Å². The van der Waals surface area contributed by atoms with E-state index in [1.807, 2.05) is 24.4 Å². The number of benzene rings is 1. The van der Waals surface area contributed by atoms with Crippen LogP contribution in [0.1, 0.15) is 11.3 Å². The SMILES string of the molecule is CN(Cc1cccc(Br)c1)Cc1ccc(Br)cn1. The van der Waals surface area contributed by atoms with Crippen molar-refractivity contribution >= 4 is 31.9 Å². The summed E-state index contributed by atoms with van der Waals surface area (Å²) in [4.78, 5) is 6.63. The van der Waals surface area contributed by atoms with Gasteiger partial charge in [0, 0.05) is 28.2 Å². The van der Waals surface area contributed by atoms with E-state index in [4.69, 9.17) is 0 Å². The molecule has 1 aromatic carbocycles. The molecule has 1 aromatic heterocycles. The highest BCUT2D eigenvalue weighted by Gasteiger charge is 2.03. The topological polar surface area (TPSA) is 16.1 Å². The highest BCUT2D eigenvalue weighted by atomic mass is 79.9. The molecule has 4 heteroatoms. The largest absolute Gasteiger partial charge is 0.296 e. The van der Waals surface area contributed by atoms with Crippen molar-refractivity contribution in [2.24, 2.45) is 0 Å². The molecule has 0 fully saturated rings. The molecule has 2 aromatic rings. The summed E-state index contributed by atoms with van der Waals surface area (Å²) in [6.45, 7) is 1.76. The van der Waals surface area contributed by atoms with E-state index in [0.717, 1.165) is 27.7 Å². The minimum atomic E-state index is 0.847. The van der Waals surface area contributed by atoms with Gasteiger partial charge >= 0.3 is 0 Å². The number of halogens is 2. The van der Waals surface area contributed by atoms with Gasteiger partial charge in [-0.15, -0.1) is 0 Å². The lowest BCUT2D eigenvalue weighted by Crippen LogP contribution is -2.17. The van der Waals surface area contributed by atoms with Gasteiger partial charge in [0.2, 0.25) is 0 Å². The first-order valence-electron chi connectivity index (χ1n) is 5.67. The van der Waals surface area contributed by atoms with Gasteiger partial charge < -0.3 is 0 Å². The predicted octanol–water partition coefficient (Wildman–Crippen LogP) is 4.24. The van der Waals surface area contributed by atoms with Gasteiger partial charge in [-0.1, -0.05) is 28.1 Å². The second-order valence-electron chi connectivity index (χ2n) is 4.27. The van der Waals surface area contributed by atoms with E-state index >= 15 is 0 Å². The highest BCUT2D eigenvalue weighted by Crippen LogP contribution is 2.14. The summed E-state index contributed by atoms with van der Waals surface area (Å²) >= 11 is 6.88. The zero-order chi connectivity index (χ0) is 13.0. The number of hydrogen-bond acceptors (Lipinski definition) is 2. The minimum Gasteiger partial charge on any atom is -0.296 e. The summed E-state index contributed by atoms with van der Waals surface area (Å²) in [6.07, 6.45) is 1.84. The van der Waals surface area contributed by atoms with Gasteiger partial charge in [-0.05, 0) is 52.8 Å². The van der Waals surface area contributed by atoms with Crippen LogP contribution in [-0.4, -0.2) is 16.9 Å². The van der Waals surface area contributed by atoms with Gasteiger partial charge in [0.15, 0.2) is 0 Å². The van der Waals surface area contributed by atoms with E-state index in [-0.39, 0.29) is 0 Å². The van der Waals surface area contributed by atoms with E-state index in [2.05, 4.69) is 67.0 Å². The predicted molar refractivity (Wildman–Crippen MR) is 81.3 cm³/mol. The Morgan fingerprint density at radius 1 is 1.06 bits per heavy atom. The van der Waals surface area contributed by atoms with Crippen LogP contribution in [0.3, 0.4) is 0 Å². The average molecular weight is 370 g/mol. The van der Waals surface area contributed by atoms with E-state index in [0.29, 0.717) is 0 Å². The van der Waals surface area contributed by atoms with Crippen LogP contribution in [0.25, 0.3) is 0 Å². The fourth-order valence-electron chi connectivity index (χ4n) is 1.78. The molecule has 1 heterocycles. The summed E-state index contributed by atoms with van der Waals surface area (Å²) in [5.41, 5.74) is 2.37. The number of rotatable bonds is 4. The highest BCUT2D eigenvalue weighted by molar-refractivity contribution is 9.10. The summed E-state index contributed by atoms with van der Waals surface area (Å²) < 4.78 is 2.14. The third kappa shape index (κ3) is 4.19. The van der Waals surface area contributed by atoms with Crippen molar-refractivity contribution in [3.8, 4) is 0 Å². The first-order chi connectivity index (χ1) is 8.63. The molecule has 0 aliphatic carbocycles. The first kappa shape index (κ1) is 13.7. The molecule has 0 aliphatic rings. The van der Waals surface area contributed by atoms with Crippen molar-refractivity contribution < 1.29 is 0 Å². The van der Waals surface area contributed by atoms with Crippen LogP contribution in [0, 0.1) is 0 Å². The van der Waals surface area contributed by atoms with Gasteiger partial charge in [0.05, 0.1) is 5.69 Å². The lowest BCUT2D eigenvalue weighted by Gasteiger charge is -2.16. The molecule has 0 radical (unpaired) electrons. The third-order valence-corrected chi connectivity index (χ3v) is 3.52. The molecule has 2 nitrogen and oxygen atoms in total. The maximum atomic E-state index is 4.38. The fraction of sp³-hybridized carbons (Fsp3) is 0.214. The molecule has 0 amide bonds. The lowest BCUT2D eigenvalue weighted by molar-refractivity contribution is 0.315. The van der Waals surface area contributed by atoms with Crippen molar-refractivity contribution in [3.05, 3.63) is 62.8 Å². The molecule has 0 saturated carbocycles. The molecule has 0 saturated heterocycles. The molecule has 2 rings (SSSR count). The third-order valence-electron chi connectivity index (χ3n) is 2.56. The quantitative estimate of drug-likeness (QED) is 0.801. The number of pyridine rings is 1. The Bertz CT molecular complexity index is 511. The van der Waals surface area contributed by atoms with Gasteiger partial charge in [-0.3, -0.25) is 9.88 Å². The smallest absolute Gasteiger partial charge is 0.0544 e. The van der Waals surface area contributed by atoms with Crippen molar-refractivity contribution in [2.45, 2.75) is 13.1 Å². The molecule has 0 bridgehead atoms. The molecule has 94 valence electrons. The summed E-state index contributed by atoms with van der Waals surface area (Å²) in [5.74, 6) is 0. The summed E-state index contributed by atoms with van der Waals surface area (Å²) in [5, 5.41) is 0. The lowest BCUT2D eigenvalue weighted by atomic mass is 10.2. The average Bonchev–Trinajstić information content (AvgIpc) is 2.32. The molecule has 0 N–H and O–H groups in total. The standard InChI is InChI=1S/C14H14Br2N2/c1-18(9-11-3-2-4-12(15)7-11)10-14-6-5-13(16)8-17-14/h2-8H,9-10H2,1H3. The van der Waals surface area contributed by atoms with E-state index in [9.17, 15) is 0 Å². The van der Waals surface area contributed by atoms with E-state index in [1.54, 1.807) is 0 Å². The van der Waals surface area contributed by atoms with Gasteiger partial charge in [0.25, 0.3) is 0 Å². The Kier molecular flexibility index (Phi) is 4.92. The van der Waals surface area contributed by atoms with Gasteiger partial charge in [0.1, 0.15) is 0 Å². The molecule has 0 unspecified atom stereocenters. The molecule has 0 atom stereocenters. The zero-order valence-electron chi connectivity index (χ0n) is 10.1. The Morgan fingerprint density at radius 3 is 2.56 bits per heavy atom. The molecule has 0 spiro atoms. The first-order valence-corrected chi connectivity index (χ1v) is 7.25. The van der Waals surface area contributed by atoms with Crippen LogP contribution in [0.4, 0.5) is 0 Å². The Hall–Kier alpha value is -0.710. The molecule has 18 heavy (non-hydrogen) atoms. The van der Waals surface area contributed by atoms with Crippen LogP contribution < -0.4 is 0 Å². The second kappa shape index (κ2) is 6.45. The molecular formula is C14H14Br2N2. The fourth-order valence-corrected chi connectivity index (χ4v) is 2.46. The maximum Gasteiger partial charge on any atom is 0.0544 e. The number of hydrogen-bond donors (Lipinski definition) is 0. The summed E-state index contributed by atoms with van der Waals surface area (Å²) in [7, 11) is 2.10. The van der Waals surface area contributed by atoms with E-state index in [1.165, 1.54) is 5.56 Å². The maximum absolute atomic E-state index is 4.38. The zero-order valence-corrected chi connectivity index (χ0v) is 13.3. The van der Waals surface area contributed by atoms with Crippen molar-refractivity contribution in [1.29, 1.82) is 0 Å². The van der Waals surface area contributed by atoms with Crippen molar-refractivity contribution in [2.75, 3.05) is 7.05 Å². The minimum absolute atomic E-state index is 0.847. The van der Waals surface area contributed by atoms with Crippen LogP contribution >= 0.6 is 31.9 Å². The Morgan fingerprint density at radius 2 is 1.89 bits per heavy atom. The second-order valence-corrected chi connectivity index (χ2v) is 6.10. The van der Waals surface area contributed by atoms with Gasteiger partial charge in [-0.25, -0.2) is 0 Å². The van der Waals surface area contributed by atoms with Crippen LogP contribution in [0.15, 0.2) is 51.5 Å². The van der Waals surface area contributed by atoms with Crippen molar-refractivity contribution in [1.82, 2.24) is 9.88 Å². The van der Waals surface area contributed by atoms with Gasteiger partial charge in [-0.2, -0.15) is 0 Å². The number of nitrogens with zero attached hydrogens (tertiary/aromatic N) is 2. The van der Waals surface area contributed by atoms with Crippen LogP contribution in [-0.2, 0) is 13.1 Å². The Labute approximate surface area is 124 Å². The summed E-state index contributed by atoms with van der Waals surface area (Å²) in [6, 6.07) is 12.4. The Balaban J connectivity index is 1.96. The number of aromatic nitrogens is 1.